The summed E-state index contributed by atoms with van der Waals surface area (Å²) < 4.78 is 43.5. The van der Waals surface area contributed by atoms with Crippen LogP contribution in [0.25, 0.3) is 0 Å². The highest BCUT2D eigenvalue weighted by Crippen LogP contribution is 2.39. The predicted octanol–water partition coefficient (Wildman–Crippen LogP) is 0.0559. The maximum atomic E-state index is 15.2. The van der Waals surface area contributed by atoms with Gasteiger partial charge in [-0.15, -0.1) is 0 Å². The smallest absolute Gasteiger partial charge is 0.326 e. The molecule has 0 saturated carbocycles. The van der Waals surface area contributed by atoms with Gasteiger partial charge >= 0.3 is 10.2 Å². The molecule has 2 aromatic rings. The average Bonchev–Trinajstić information content (AvgIpc) is 3.23. The summed E-state index contributed by atoms with van der Waals surface area (Å²) in [6.07, 6.45) is 5.25. The Balaban J connectivity index is 1.55. The molecule has 1 fully saturated rings. The van der Waals surface area contributed by atoms with E-state index in [1.54, 1.807) is 15.6 Å². The molecule has 9 nitrogen and oxygen atoms in total. The Kier molecular flexibility index (Phi) is 4.71. The average molecular weight is 409 g/mol. The molecule has 11 heteroatoms. The van der Waals surface area contributed by atoms with E-state index in [0.717, 1.165) is 6.42 Å². The van der Waals surface area contributed by atoms with Gasteiger partial charge in [0.1, 0.15) is 18.0 Å². The third kappa shape index (κ3) is 3.42. The second-order valence-corrected chi connectivity index (χ2v) is 8.49. The lowest BCUT2D eigenvalue weighted by atomic mass is 9.87. The van der Waals surface area contributed by atoms with E-state index in [-0.39, 0.29) is 6.04 Å². The molecule has 1 aliphatic heterocycles. The highest BCUT2D eigenvalue weighted by Gasteiger charge is 2.39. The summed E-state index contributed by atoms with van der Waals surface area (Å²) in [4.78, 5) is 11.5. The number of amides is 1. The van der Waals surface area contributed by atoms with E-state index >= 15 is 4.39 Å². The van der Waals surface area contributed by atoms with E-state index in [0.29, 0.717) is 41.4 Å². The van der Waals surface area contributed by atoms with Crippen LogP contribution in [-0.4, -0.2) is 48.3 Å². The summed E-state index contributed by atoms with van der Waals surface area (Å²) in [5.74, 6) is -2.05. The molecule has 1 saturated heterocycles. The number of carbonyl (C=O) groups is 1. The van der Waals surface area contributed by atoms with Gasteiger partial charge in [0.25, 0.3) is 5.91 Å². The lowest BCUT2D eigenvalue weighted by Crippen LogP contribution is -2.37. The Morgan fingerprint density at radius 2 is 2.25 bits per heavy atom. The van der Waals surface area contributed by atoms with Crippen molar-refractivity contribution in [3.05, 3.63) is 41.5 Å². The molecule has 2 heterocycles. The summed E-state index contributed by atoms with van der Waals surface area (Å²) in [6, 6.07) is 3.25. The zero-order chi connectivity index (χ0) is 19.9. The summed E-state index contributed by atoms with van der Waals surface area (Å²) in [5.41, 5.74) is 0.541. The van der Waals surface area contributed by atoms with Gasteiger partial charge < -0.3 is 10.4 Å². The standard InChI is InChI=1S/C17H20FN5O4S/c18-16-13-9-12(19-5-7-22-6-1-4-20-22)3-2-11(13)8-14(24)17(16)23-10-15(25)21-28(23,26)27/h1,4,6,8,12,19,24H,2-3,5,7,9-10H2,(H,21,25). The molecule has 1 amide bonds. The summed E-state index contributed by atoms with van der Waals surface area (Å²) in [5, 5.41) is 17.7. The first-order valence-corrected chi connectivity index (χ1v) is 10.4. The number of nitrogens with one attached hydrogen (secondary N) is 2. The van der Waals surface area contributed by atoms with Crippen LogP contribution in [0, 0.1) is 5.82 Å². The third-order valence-corrected chi connectivity index (χ3v) is 6.41. The van der Waals surface area contributed by atoms with E-state index < -0.39 is 39.9 Å². The first-order valence-electron chi connectivity index (χ1n) is 8.92. The number of benzene rings is 1. The minimum atomic E-state index is -4.21. The fourth-order valence-corrected chi connectivity index (χ4v) is 4.88. The van der Waals surface area contributed by atoms with Crippen LogP contribution in [0.4, 0.5) is 10.1 Å². The van der Waals surface area contributed by atoms with E-state index in [9.17, 15) is 18.3 Å². The van der Waals surface area contributed by atoms with Gasteiger partial charge in [-0.3, -0.25) is 9.48 Å². The molecule has 1 aromatic carbocycles. The van der Waals surface area contributed by atoms with Crippen molar-refractivity contribution in [2.45, 2.75) is 31.8 Å². The molecule has 0 spiro atoms. The number of fused-ring (bicyclic) bond motifs is 1. The maximum Gasteiger partial charge on any atom is 0.326 e. The van der Waals surface area contributed by atoms with Crippen LogP contribution in [0.15, 0.2) is 24.5 Å². The molecular formula is C17H20FN5O4S. The summed E-state index contributed by atoms with van der Waals surface area (Å²) in [7, 11) is -4.21. The molecule has 2 aliphatic rings. The zero-order valence-electron chi connectivity index (χ0n) is 14.9. The van der Waals surface area contributed by atoms with Crippen LogP contribution in [0.2, 0.25) is 0 Å². The molecule has 1 aromatic heterocycles. The molecular weight excluding hydrogens is 389 g/mol. The Labute approximate surface area is 161 Å². The number of hydrogen-bond acceptors (Lipinski definition) is 6. The minimum Gasteiger partial charge on any atom is -0.506 e. The van der Waals surface area contributed by atoms with Gasteiger partial charge in [0.05, 0.1) is 6.54 Å². The van der Waals surface area contributed by atoms with E-state index in [1.165, 1.54) is 6.07 Å². The number of anilines is 1. The molecule has 1 atom stereocenters. The van der Waals surface area contributed by atoms with Crippen molar-refractivity contribution in [2.75, 3.05) is 17.4 Å². The monoisotopic (exact) mass is 409 g/mol. The fraction of sp³-hybridized carbons (Fsp3) is 0.412. The van der Waals surface area contributed by atoms with Gasteiger partial charge in [-0.05, 0) is 42.5 Å². The van der Waals surface area contributed by atoms with Crippen LogP contribution in [-0.2, 0) is 34.4 Å². The van der Waals surface area contributed by atoms with Crippen molar-refractivity contribution in [3.8, 4) is 5.75 Å². The minimum absolute atomic E-state index is 0.0184. The summed E-state index contributed by atoms with van der Waals surface area (Å²) >= 11 is 0. The van der Waals surface area contributed by atoms with Gasteiger partial charge in [0.15, 0.2) is 5.82 Å². The van der Waals surface area contributed by atoms with Crippen LogP contribution in [0.3, 0.4) is 0 Å². The first kappa shape index (κ1) is 18.7. The summed E-state index contributed by atoms with van der Waals surface area (Å²) in [6.45, 7) is 0.782. The first-order chi connectivity index (χ1) is 13.3. The zero-order valence-corrected chi connectivity index (χ0v) is 15.7. The van der Waals surface area contributed by atoms with Crippen molar-refractivity contribution < 1.29 is 22.7 Å². The SMILES string of the molecule is O=C1CN(c2c(O)cc3c(c2F)CC(NCCn2cccn2)CC3)S(=O)(=O)N1. The fourth-order valence-electron chi connectivity index (χ4n) is 3.71. The maximum absolute atomic E-state index is 15.2. The molecule has 0 radical (unpaired) electrons. The van der Waals surface area contributed by atoms with E-state index in [1.807, 2.05) is 12.3 Å². The number of aromatic nitrogens is 2. The normalized spacial score (nSPS) is 20.8. The largest absolute Gasteiger partial charge is 0.506 e. The number of phenols is 1. The molecule has 1 unspecified atom stereocenters. The van der Waals surface area contributed by atoms with Gasteiger partial charge in [0.2, 0.25) is 0 Å². The Morgan fingerprint density at radius 1 is 1.43 bits per heavy atom. The molecule has 4 rings (SSSR count). The Hall–Kier alpha value is -2.66. The van der Waals surface area contributed by atoms with Crippen molar-refractivity contribution in [2.24, 2.45) is 0 Å². The number of halogens is 1. The highest BCUT2D eigenvalue weighted by atomic mass is 32.2. The number of carbonyl (C=O) groups excluding carboxylic acids is 1. The van der Waals surface area contributed by atoms with Gasteiger partial charge in [0, 0.05) is 25.0 Å². The van der Waals surface area contributed by atoms with Crippen molar-refractivity contribution in [3.63, 3.8) is 0 Å². The number of aryl methyl sites for hydroxylation is 1. The Bertz CT molecular complexity index is 1010. The lowest BCUT2D eigenvalue weighted by molar-refractivity contribution is -0.117. The van der Waals surface area contributed by atoms with Gasteiger partial charge in [-0.2, -0.15) is 13.5 Å². The highest BCUT2D eigenvalue weighted by molar-refractivity contribution is 7.92. The molecule has 1 aliphatic carbocycles. The van der Waals surface area contributed by atoms with Crippen molar-refractivity contribution in [1.82, 2.24) is 19.8 Å². The molecule has 28 heavy (non-hydrogen) atoms. The van der Waals surface area contributed by atoms with E-state index in [4.69, 9.17) is 0 Å². The molecule has 3 N–H and O–H groups in total. The van der Waals surface area contributed by atoms with Gasteiger partial charge in [-0.25, -0.2) is 13.4 Å². The Morgan fingerprint density at radius 3 is 2.93 bits per heavy atom. The van der Waals surface area contributed by atoms with Crippen molar-refractivity contribution in [1.29, 1.82) is 0 Å². The third-order valence-electron chi connectivity index (χ3n) is 5.03. The van der Waals surface area contributed by atoms with Crippen LogP contribution in [0.1, 0.15) is 17.5 Å². The number of hydrogen-bond donors (Lipinski definition) is 3. The van der Waals surface area contributed by atoms with Crippen molar-refractivity contribution >= 4 is 21.8 Å². The topological polar surface area (TPSA) is 117 Å². The predicted molar refractivity (Wildman–Crippen MR) is 98.5 cm³/mol. The quantitative estimate of drug-likeness (QED) is 0.643. The van der Waals surface area contributed by atoms with Crippen LogP contribution >= 0.6 is 0 Å². The second kappa shape index (κ2) is 7.06. The van der Waals surface area contributed by atoms with E-state index in [2.05, 4.69) is 10.4 Å². The lowest BCUT2D eigenvalue weighted by Gasteiger charge is -2.28. The van der Waals surface area contributed by atoms with Crippen LogP contribution in [0.5, 0.6) is 5.75 Å². The number of rotatable bonds is 5. The number of phenolic OH excluding ortho intramolecular Hbond substituents is 1. The molecule has 150 valence electrons. The number of aromatic hydroxyl groups is 1. The van der Waals surface area contributed by atoms with Crippen LogP contribution < -0.4 is 14.3 Å². The van der Waals surface area contributed by atoms with Gasteiger partial charge in [-0.1, -0.05) is 0 Å². The number of nitrogens with zero attached hydrogens (tertiary/aromatic N) is 3. The molecule has 0 bridgehead atoms. The second-order valence-electron chi connectivity index (χ2n) is 6.90.